The van der Waals surface area contributed by atoms with Crippen molar-refractivity contribution in [3.63, 3.8) is 0 Å². The van der Waals surface area contributed by atoms with E-state index in [0.717, 1.165) is 5.56 Å². The predicted molar refractivity (Wildman–Crippen MR) is 60.4 cm³/mol. The summed E-state index contributed by atoms with van der Waals surface area (Å²) in [6.45, 7) is 3.54. The second kappa shape index (κ2) is 5.30. The third-order valence-electron chi connectivity index (χ3n) is 2.40. The first-order chi connectivity index (χ1) is 7.56. The number of carbonyl (C=O) groups is 2. The van der Waals surface area contributed by atoms with Gasteiger partial charge in [0.1, 0.15) is 6.04 Å². The maximum atomic E-state index is 11.8. The molecule has 0 heterocycles. The lowest BCUT2D eigenvalue weighted by molar-refractivity contribution is -0.139. The molecule has 86 valence electrons. The van der Waals surface area contributed by atoms with Crippen molar-refractivity contribution in [2.24, 2.45) is 0 Å². The van der Waals surface area contributed by atoms with E-state index >= 15 is 0 Å². The molecule has 1 rings (SSSR count). The average molecular weight is 221 g/mol. The van der Waals surface area contributed by atoms with E-state index in [1.807, 2.05) is 19.1 Å². The molecule has 16 heavy (non-hydrogen) atoms. The number of hydrogen-bond acceptors (Lipinski definition) is 2. The highest BCUT2D eigenvalue weighted by atomic mass is 16.4. The molecule has 0 aromatic heterocycles. The Morgan fingerprint density at radius 2 is 2.00 bits per heavy atom. The molecule has 0 saturated heterocycles. The third kappa shape index (κ3) is 2.82. The standard InChI is InChI=1S/C12H15NO3/c1-3-10(12(15)16)13-11(14)9-7-5-4-6-8(9)2/h4-7,10H,3H2,1-2H3,(H,13,14)(H,15,16)/t10-/m1/s1. The van der Waals surface area contributed by atoms with Crippen molar-refractivity contribution in [1.82, 2.24) is 5.32 Å². The highest BCUT2D eigenvalue weighted by molar-refractivity contribution is 5.97. The summed E-state index contributed by atoms with van der Waals surface area (Å²) in [5, 5.41) is 11.3. The fourth-order valence-electron chi connectivity index (χ4n) is 1.40. The first-order valence-electron chi connectivity index (χ1n) is 5.15. The Balaban J connectivity index is 2.80. The molecule has 1 atom stereocenters. The molecule has 4 heteroatoms. The SMILES string of the molecule is CC[C@@H](NC(=O)c1ccccc1C)C(=O)O. The van der Waals surface area contributed by atoms with Crippen molar-refractivity contribution in [2.75, 3.05) is 0 Å². The van der Waals surface area contributed by atoms with Crippen molar-refractivity contribution in [3.8, 4) is 0 Å². The molecule has 0 bridgehead atoms. The Hall–Kier alpha value is -1.84. The summed E-state index contributed by atoms with van der Waals surface area (Å²) < 4.78 is 0. The molecule has 0 aliphatic carbocycles. The van der Waals surface area contributed by atoms with Gasteiger partial charge in [-0.15, -0.1) is 0 Å². The molecule has 0 aliphatic rings. The van der Waals surface area contributed by atoms with E-state index in [9.17, 15) is 9.59 Å². The van der Waals surface area contributed by atoms with Gasteiger partial charge in [-0.05, 0) is 25.0 Å². The zero-order valence-corrected chi connectivity index (χ0v) is 9.36. The van der Waals surface area contributed by atoms with Crippen LogP contribution in [-0.2, 0) is 4.79 Å². The van der Waals surface area contributed by atoms with Crippen molar-refractivity contribution in [3.05, 3.63) is 35.4 Å². The average Bonchev–Trinajstić information content (AvgIpc) is 2.25. The minimum atomic E-state index is -1.01. The van der Waals surface area contributed by atoms with E-state index in [2.05, 4.69) is 5.32 Å². The molecular weight excluding hydrogens is 206 g/mol. The van der Waals surface area contributed by atoms with Crippen LogP contribution in [0.5, 0.6) is 0 Å². The number of carboxylic acid groups (broad SMARTS) is 1. The van der Waals surface area contributed by atoms with E-state index in [1.165, 1.54) is 0 Å². The summed E-state index contributed by atoms with van der Waals surface area (Å²) in [6.07, 6.45) is 0.368. The van der Waals surface area contributed by atoms with Crippen LogP contribution in [0, 0.1) is 6.92 Å². The number of hydrogen-bond donors (Lipinski definition) is 2. The quantitative estimate of drug-likeness (QED) is 0.811. The van der Waals surface area contributed by atoms with Crippen LogP contribution in [0.1, 0.15) is 29.3 Å². The Bertz CT molecular complexity index is 401. The molecule has 1 aromatic carbocycles. The van der Waals surface area contributed by atoms with Gasteiger partial charge in [-0.2, -0.15) is 0 Å². The molecule has 0 radical (unpaired) electrons. The number of nitrogens with one attached hydrogen (secondary N) is 1. The maximum Gasteiger partial charge on any atom is 0.326 e. The van der Waals surface area contributed by atoms with Crippen LogP contribution < -0.4 is 5.32 Å². The number of rotatable bonds is 4. The van der Waals surface area contributed by atoms with Crippen LogP contribution in [0.25, 0.3) is 0 Å². The lowest BCUT2D eigenvalue weighted by Gasteiger charge is -2.13. The summed E-state index contributed by atoms with van der Waals surface area (Å²) in [6, 6.07) is 6.26. The topological polar surface area (TPSA) is 66.4 Å². The third-order valence-corrected chi connectivity index (χ3v) is 2.40. The van der Waals surface area contributed by atoms with Crippen LogP contribution in [0.3, 0.4) is 0 Å². The van der Waals surface area contributed by atoms with Gasteiger partial charge in [0, 0.05) is 5.56 Å². The zero-order valence-electron chi connectivity index (χ0n) is 9.36. The van der Waals surface area contributed by atoms with E-state index < -0.39 is 12.0 Å². The molecule has 0 spiro atoms. The second-order valence-electron chi connectivity index (χ2n) is 3.59. The summed E-state index contributed by atoms with van der Waals surface area (Å²) in [5.74, 6) is -1.35. The largest absolute Gasteiger partial charge is 0.480 e. The van der Waals surface area contributed by atoms with Crippen LogP contribution >= 0.6 is 0 Å². The van der Waals surface area contributed by atoms with Gasteiger partial charge in [-0.25, -0.2) is 4.79 Å². The smallest absolute Gasteiger partial charge is 0.326 e. The number of aliphatic carboxylic acids is 1. The van der Waals surface area contributed by atoms with Crippen molar-refractivity contribution in [1.29, 1.82) is 0 Å². The molecule has 1 amide bonds. The molecule has 0 saturated carbocycles. The first kappa shape index (κ1) is 12.2. The van der Waals surface area contributed by atoms with Crippen LogP contribution in [0.4, 0.5) is 0 Å². The van der Waals surface area contributed by atoms with Crippen molar-refractivity contribution in [2.45, 2.75) is 26.3 Å². The Morgan fingerprint density at radius 1 is 1.38 bits per heavy atom. The van der Waals surface area contributed by atoms with Gasteiger partial charge in [0.05, 0.1) is 0 Å². The second-order valence-corrected chi connectivity index (χ2v) is 3.59. The summed E-state index contributed by atoms with van der Waals surface area (Å²) in [4.78, 5) is 22.5. The summed E-state index contributed by atoms with van der Waals surface area (Å²) in [7, 11) is 0. The van der Waals surface area contributed by atoms with Crippen LogP contribution in [0.15, 0.2) is 24.3 Å². The van der Waals surface area contributed by atoms with Crippen molar-refractivity contribution >= 4 is 11.9 Å². The van der Waals surface area contributed by atoms with Crippen molar-refractivity contribution < 1.29 is 14.7 Å². The molecule has 0 aliphatic heterocycles. The maximum absolute atomic E-state index is 11.8. The highest BCUT2D eigenvalue weighted by Gasteiger charge is 2.18. The molecule has 4 nitrogen and oxygen atoms in total. The molecule has 1 aromatic rings. The van der Waals surface area contributed by atoms with Gasteiger partial charge in [0.2, 0.25) is 0 Å². The number of amides is 1. The van der Waals surface area contributed by atoms with Gasteiger partial charge in [0.15, 0.2) is 0 Å². The van der Waals surface area contributed by atoms with Crippen LogP contribution in [0.2, 0.25) is 0 Å². The molecule has 0 unspecified atom stereocenters. The first-order valence-corrected chi connectivity index (χ1v) is 5.15. The summed E-state index contributed by atoms with van der Waals surface area (Å²) >= 11 is 0. The van der Waals surface area contributed by atoms with Crippen LogP contribution in [-0.4, -0.2) is 23.0 Å². The highest BCUT2D eigenvalue weighted by Crippen LogP contribution is 2.07. The Labute approximate surface area is 94.3 Å². The Kier molecular flexibility index (Phi) is 4.05. The molecular formula is C12H15NO3. The van der Waals surface area contributed by atoms with Gasteiger partial charge < -0.3 is 10.4 Å². The molecule has 2 N–H and O–H groups in total. The number of carbonyl (C=O) groups excluding carboxylic acids is 1. The van der Waals surface area contributed by atoms with Gasteiger partial charge in [-0.3, -0.25) is 4.79 Å². The van der Waals surface area contributed by atoms with Gasteiger partial charge >= 0.3 is 5.97 Å². The minimum Gasteiger partial charge on any atom is -0.480 e. The van der Waals surface area contributed by atoms with E-state index in [1.54, 1.807) is 19.1 Å². The lowest BCUT2D eigenvalue weighted by atomic mass is 10.1. The minimum absolute atomic E-state index is 0.340. The Morgan fingerprint density at radius 3 is 2.50 bits per heavy atom. The van der Waals surface area contributed by atoms with E-state index in [-0.39, 0.29) is 5.91 Å². The molecule has 0 fully saturated rings. The number of aryl methyl sites for hydroxylation is 1. The normalized spacial score (nSPS) is 11.9. The monoisotopic (exact) mass is 221 g/mol. The number of benzene rings is 1. The fourth-order valence-corrected chi connectivity index (χ4v) is 1.40. The van der Waals surface area contributed by atoms with E-state index in [0.29, 0.717) is 12.0 Å². The lowest BCUT2D eigenvalue weighted by Crippen LogP contribution is -2.40. The van der Waals surface area contributed by atoms with Gasteiger partial charge in [-0.1, -0.05) is 25.1 Å². The predicted octanol–water partition coefficient (Wildman–Crippen LogP) is 1.59. The zero-order chi connectivity index (χ0) is 12.1. The fraction of sp³-hybridized carbons (Fsp3) is 0.333. The van der Waals surface area contributed by atoms with E-state index in [4.69, 9.17) is 5.11 Å². The summed E-state index contributed by atoms with van der Waals surface area (Å²) in [5.41, 5.74) is 1.35. The number of carboxylic acids is 1. The van der Waals surface area contributed by atoms with Gasteiger partial charge in [0.25, 0.3) is 5.91 Å².